The van der Waals surface area contributed by atoms with E-state index < -0.39 is 5.60 Å². The minimum atomic E-state index is -0.839. The first kappa shape index (κ1) is 18.9. The average Bonchev–Trinajstić information content (AvgIpc) is 2.96. The Labute approximate surface area is 167 Å². The summed E-state index contributed by atoms with van der Waals surface area (Å²) in [5.74, 6) is 4.16. The molecule has 2 aromatic rings. The summed E-state index contributed by atoms with van der Waals surface area (Å²) in [5.41, 5.74) is 1.22. The van der Waals surface area contributed by atoms with E-state index in [1.807, 2.05) is 42.5 Å². The predicted octanol–water partition coefficient (Wildman–Crippen LogP) is 3.72. The Hall–Kier alpha value is -2.48. The number of piperidine rings is 1. The van der Waals surface area contributed by atoms with E-state index in [1.54, 1.807) is 7.11 Å². The largest absolute Gasteiger partial charge is 0.496 e. The highest BCUT2D eigenvalue weighted by Gasteiger charge is 2.49. The monoisotopic (exact) mass is 377 g/mol. The number of benzene rings is 2. The molecule has 2 heterocycles. The van der Waals surface area contributed by atoms with Gasteiger partial charge in [0.2, 0.25) is 0 Å². The van der Waals surface area contributed by atoms with Crippen LogP contribution in [0.1, 0.15) is 36.8 Å². The number of fused-ring (bicyclic) bond motifs is 2. The van der Waals surface area contributed by atoms with Crippen molar-refractivity contribution in [1.29, 1.82) is 0 Å². The molecular weight excluding hydrogens is 350 g/mol. The first-order valence-electron chi connectivity index (χ1n) is 9.90. The molecule has 2 bridgehead atoms. The van der Waals surface area contributed by atoms with Crippen LogP contribution in [-0.2, 0) is 12.1 Å². The maximum atomic E-state index is 11.5. The molecule has 4 rings (SSSR count). The Morgan fingerprint density at radius 2 is 1.71 bits per heavy atom. The van der Waals surface area contributed by atoms with Crippen LogP contribution in [0.4, 0.5) is 0 Å². The molecular formula is C24H27NO3. The Kier molecular flexibility index (Phi) is 5.30. The zero-order valence-electron chi connectivity index (χ0n) is 16.3. The summed E-state index contributed by atoms with van der Waals surface area (Å²) in [4.78, 5) is 2.53. The van der Waals surface area contributed by atoms with Gasteiger partial charge in [-0.3, -0.25) is 4.90 Å². The molecule has 0 aromatic heterocycles. The second-order valence-corrected chi connectivity index (χ2v) is 7.80. The summed E-state index contributed by atoms with van der Waals surface area (Å²) in [6.45, 7) is 1.09. The number of hydrogen-bond donors (Lipinski definition) is 1. The van der Waals surface area contributed by atoms with Crippen molar-refractivity contribution >= 4 is 0 Å². The highest BCUT2D eigenvalue weighted by molar-refractivity contribution is 5.39. The van der Waals surface area contributed by atoms with Gasteiger partial charge in [0.1, 0.15) is 18.1 Å². The lowest BCUT2D eigenvalue weighted by atomic mass is 9.80. The summed E-state index contributed by atoms with van der Waals surface area (Å²) in [6, 6.07) is 16.6. The van der Waals surface area contributed by atoms with E-state index in [4.69, 9.17) is 15.9 Å². The molecule has 0 saturated carbocycles. The summed E-state index contributed by atoms with van der Waals surface area (Å²) in [7, 11) is 1.67. The summed E-state index contributed by atoms with van der Waals surface area (Å²) in [6.07, 6.45) is 9.00. The van der Waals surface area contributed by atoms with Crippen LogP contribution >= 0.6 is 0 Å². The molecule has 0 radical (unpaired) electrons. The minimum absolute atomic E-state index is 0.275. The topological polar surface area (TPSA) is 41.9 Å². The molecule has 2 saturated heterocycles. The zero-order valence-corrected chi connectivity index (χ0v) is 16.3. The van der Waals surface area contributed by atoms with Crippen molar-refractivity contribution < 1.29 is 14.6 Å². The number of rotatable bonds is 6. The lowest BCUT2D eigenvalue weighted by Crippen LogP contribution is -2.49. The maximum absolute atomic E-state index is 11.5. The minimum Gasteiger partial charge on any atom is -0.496 e. The van der Waals surface area contributed by atoms with E-state index in [-0.39, 0.29) is 6.61 Å². The number of methoxy groups -OCH3 is 1. The van der Waals surface area contributed by atoms with Crippen LogP contribution in [0, 0.1) is 12.3 Å². The number of hydrogen-bond acceptors (Lipinski definition) is 4. The van der Waals surface area contributed by atoms with Gasteiger partial charge in [-0.25, -0.2) is 0 Å². The molecule has 2 fully saturated rings. The van der Waals surface area contributed by atoms with Crippen molar-refractivity contribution in [2.24, 2.45) is 0 Å². The molecule has 4 heteroatoms. The van der Waals surface area contributed by atoms with Crippen LogP contribution in [0.25, 0.3) is 0 Å². The van der Waals surface area contributed by atoms with E-state index in [2.05, 4.69) is 16.9 Å². The van der Waals surface area contributed by atoms with E-state index in [0.717, 1.165) is 54.9 Å². The van der Waals surface area contributed by atoms with Gasteiger partial charge in [-0.15, -0.1) is 6.42 Å². The van der Waals surface area contributed by atoms with Gasteiger partial charge in [0, 0.05) is 29.8 Å². The molecule has 2 aliphatic rings. The second-order valence-electron chi connectivity index (χ2n) is 7.80. The molecule has 0 amide bonds. The third-order valence-corrected chi connectivity index (χ3v) is 6.16. The Bertz CT molecular complexity index is 858. The van der Waals surface area contributed by atoms with Gasteiger partial charge in [-0.2, -0.15) is 0 Å². The van der Waals surface area contributed by atoms with Gasteiger partial charge in [-0.05, 0) is 37.8 Å². The Balaban J connectivity index is 1.55. The molecule has 146 valence electrons. The van der Waals surface area contributed by atoms with Gasteiger partial charge < -0.3 is 14.6 Å². The molecule has 4 nitrogen and oxygen atoms in total. The number of ether oxygens (including phenoxy) is 2. The van der Waals surface area contributed by atoms with Gasteiger partial charge >= 0.3 is 0 Å². The van der Waals surface area contributed by atoms with Gasteiger partial charge in [0.15, 0.2) is 0 Å². The highest BCUT2D eigenvalue weighted by atomic mass is 16.5. The number of terminal acetylenes is 1. The lowest BCUT2D eigenvalue weighted by Gasteiger charge is -2.44. The first-order chi connectivity index (χ1) is 13.6. The van der Waals surface area contributed by atoms with Crippen LogP contribution in [0.5, 0.6) is 11.5 Å². The predicted molar refractivity (Wildman–Crippen MR) is 109 cm³/mol. The fourth-order valence-corrected chi connectivity index (χ4v) is 4.91. The smallest absolute Gasteiger partial charge is 0.148 e. The highest BCUT2D eigenvalue weighted by Crippen LogP contribution is 2.48. The van der Waals surface area contributed by atoms with E-state index in [0.29, 0.717) is 12.1 Å². The summed E-state index contributed by atoms with van der Waals surface area (Å²) >= 11 is 0. The zero-order chi connectivity index (χ0) is 19.6. The van der Waals surface area contributed by atoms with Crippen LogP contribution in [0.3, 0.4) is 0 Å². The van der Waals surface area contributed by atoms with Crippen molar-refractivity contribution in [1.82, 2.24) is 4.90 Å². The van der Waals surface area contributed by atoms with E-state index >= 15 is 0 Å². The summed E-state index contributed by atoms with van der Waals surface area (Å²) in [5, 5.41) is 11.5. The number of para-hydroxylation sites is 2. The maximum Gasteiger partial charge on any atom is 0.148 e. The second kappa shape index (κ2) is 7.87. The molecule has 2 atom stereocenters. The standard InChI is InChI=1S/C24H27NO3/c1-3-14-28-22-10-6-4-8-18(22)17-25-19-12-13-20(25)16-24(26,15-19)21-9-5-7-11-23(21)27-2/h1,4-11,19-20,26H,12-17H2,2H3/t19-,20-/m1/s1. The van der Waals surface area contributed by atoms with Crippen LogP contribution in [0.15, 0.2) is 48.5 Å². The van der Waals surface area contributed by atoms with Crippen molar-refractivity contribution in [3.63, 3.8) is 0 Å². The molecule has 2 aromatic carbocycles. The normalized spacial score (nSPS) is 26.6. The van der Waals surface area contributed by atoms with Gasteiger partial charge in [-0.1, -0.05) is 42.3 Å². The van der Waals surface area contributed by atoms with Gasteiger partial charge in [0.05, 0.1) is 12.7 Å². The molecule has 28 heavy (non-hydrogen) atoms. The molecule has 0 unspecified atom stereocenters. The lowest BCUT2D eigenvalue weighted by molar-refractivity contribution is -0.0607. The van der Waals surface area contributed by atoms with Crippen molar-refractivity contribution in [3.05, 3.63) is 59.7 Å². The van der Waals surface area contributed by atoms with Crippen LogP contribution < -0.4 is 9.47 Å². The fourth-order valence-electron chi connectivity index (χ4n) is 4.91. The summed E-state index contributed by atoms with van der Waals surface area (Å²) < 4.78 is 11.3. The number of aliphatic hydroxyl groups is 1. The van der Waals surface area contributed by atoms with Crippen molar-refractivity contribution in [2.75, 3.05) is 13.7 Å². The quantitative estimate of drug-likeness (QED) is 0.779. The van der Waals surface area contributed by atoms with E-state index in [1.165, 1.54) is 0 Å². The van der Waals surface area contributed by atoms with Gasteiger partial charge in [0.25, 0.3) is 0 Å². The molecule has 0 spiro atoms. The molecule has 1 N–H and O–H groups in total. The van der Waals surface area contributed by atoms with E-state index in [9.17, 15) is 5.11 Å². The Morgan fingerprint density at radius 1 is 1.07 bits per heavy atom. The average molecular weight is 377 g/mol. The third-order valence-electron chi connectivity index (χ3n) is 6.16. The fraction of sp³-hybridized carbons (Fsp3) is 0.417. The SMILES string of the molecule is C#CCOc1ccccc1CN1[C@@H]2CC[C@@H]1CC(O)(c1ccccc1OC)C2. The number of nitrogens with zero attached hydrogens (tertiary/aromatic N) is 1. The molecule has 2 aliphatic heterocycles. The van der Waals surface area contributed by atoms with Crippen molar-refractivity contribution in [3.8, 4) is 23.8 Å². The molecule has 0 aliphatic carbocycles. The first-order valence-corrected chi connectivity index (χ1v) is 9.90. The van der Waals surface area contributed by atoms with Crippen LogP contribution in [0.2, 0.25) is 0 Å². The third kappa shape index (κ3) is 3.48. The Morgan fingerprint density at radius 3 is 2.39 bits per heavy atom. The van der Waals surface area contributed by atoms with Crippen molar-refractivity contribution in [2.45, 2.75) is 49.9 Å². The van der Waals surface area contributed by atoms with Crippen LogP contribution in [-0.4, -0.2) is 35.8 Å².